The van der Waals surface area contributed by atoms with Gasteiger partial charge >= 0.3 is 5.97 Å². The number of β-lactam (4-membered cyclic amide) rings is 1. The maximum atomic E-state index is 12.5. The largest absolute Gasteiger partial charge is 0.481 e. The van der Waals surface area contributed by atoms with Crippen LogP contribution in [-0.4, -0.2) is 78.1 Å². The third kappa shape index (κ3) is 4.11. The highest BCUT2D eigenvalue weighted by Gasteiger charge is 2.56. The first-order valence-electron chi connectivity index (χ1n) is 9.17. The van der Waals surface area contributed by atoms with Crippen molar-refractivity contribution >= 4 is 35.4 Å². The van der Waals surface area contributed by atoms with Crippen LogP contribution in [0.5, 0.6) is 0 Å². The molecule has 2 saturated heterocycles. The number of hydrogen-bond acceptors (Lipinski definition) is 9. The van der Waals surface area contributed by atoms with Crippen molar-refractivity contribution in [1.82, 2.24) is 30.4 Å². The molecule has 3 heterocycles. The van der Waals surface area contributed by atoms with E-state index in [0.29, 0.717) is 10.9 Å². The summed E-state index contributed by atoms with van der Waals surface area (Å²) in [6.45, 7) is 3.12. The summed E-state index contributed by atoms with van der Waals surface area (Å²) in [5.41, 5.74) is -1.07. The molecule has 2 aliphatic rings. The molecular weight excluding hydrogens is 402 g/mol. The summed E-state index contributed by atoms with van der Waals surface area (Å²) in [6.07, 6.45) is 3.28. The molecule has 12 heteroatoms. The SMILES string of the molecule is CCCCCNC1C(=O)N2CC(CSc3nnnn3CC#N)(C(=O)O)CS[C@H]12. The number of rotatable bonds is 10. The van der Waals surface area contributed by atoms with Crippen molar-refractivity contribution in [2.45, 2.75) is 49.3 Å². The van der Waals surface area contributed by atoms with E-state index < -0.39 is 11.4 Å². The van der Waals surface area contributed by atoms with Gasteiger partial charge in [-0.3, -0.25) is 9.59 Å². The number of carbonyl (C=O) groups is 2. The minimum atomic E-state index is -1.07. The van der Waals surface area contributed by atoms with Crippen LogP contribution in [0.2, 0.25) is 0 Å². The van der Waals surface area contributed by atoms with Gasteiger partial charge in [-0.05, 0) is 23.4 Å². The molecule has 2 unspecified atom stereocenters. The lowest BCUT2D eigenvalue weighted by molar-refractivity contribution is -0.156. The van der Waals surface area contributed by atoms with Gasteiger partial charge in [0.2, 0.25) is 11.1 Å². The van der Waals surface area contributed by atoms with Crippen molar-refractivity contribution in [2.75, 3.05) is 24.6 Å². The number of nitrogens with one attached hydrogen (secondary N) is 1. The normalized spacial score (nSPS) is 26.4. The summed E-state index contributed by atoms with van der Waals surface area (Å²) in [7, 11) is 0. The Labute approximate surface area is 171 Å². The summed E-state index contributed by atoms with van der Waals surface area (Å²) >= 11 is 2.72. The summed E-state index contributed by atoms with van der Waals surface area (Å²) in [4.78, 5) is 26.2. The number of carbonyl (C=O) groups excluding carboxylic acids is 1. The van der Waals surface area contributed by atoms with Gasteiger partial charge < -0.3 is 15.3 Å². The first-order valence-corrected chi connectivity index (χ1v) is 11.2. The number of aromatic nitrogens is 4. The van der Waals surface area contributed by atoms with E-state index in [-0.39, 0.29) is 36.2 Å². The van der Waals surface area contributed by atoms with E-state index in [1.54, 1.807) is 4.90 Å². The van der Waals surface area contributed by atoms with Gasteiger partial charge in [0.1, 0.15) is 23.4 Å². The molecule has 152 valence electrons. The van der Waals surface area contributed by atoms with Crippen molar-refractivity contribution in [3.8, 4) is 6.07 Å². The molecule has 2 fully saturated rings. The maximum absolute atomic E-state index is 12.5. The molecule has 3 atom stereocenters. The number of unbranched alkanes of at least 4 members (excludes halogenated alkanes) is 2. The van der Waals surface area contributed by atoms with E-state index in [9.17, 15) is 14.7 Å². The Morgan fingerprint density at radius 3 is 3.07 bits per heavy atom. The van der Waals surface area contributed by atoms with Gasteiger partial charge in [0.25, 0.3) is 0 Å². The van der Waals surface area contributed by atoms with Crippen molar-refractivity contribution in [3.63, 3.8) is 0 Å². The summed E-state index contributed by atoms with van der Waals surface area (Å²) in [5.74, 6) is -0.320. The Kier molecular flexibility index (Phi) is 6.79. The van der Waals surface area contributed by atoms with Gasteiger partial charge in [0.15, 0.2) is 0 Å². The molecule has 1 aromatic rings. The number of nitrogens with zero attached hydrogens (tertiary/aromatic N) is 6. The van der Waals surface area contributed by atoms with Crippen molar-refractivity contribution in [2.24, 2.45) is 5.41 Å². The number of amides is 1. The second-order valence-electron chi connectivity index (χ2n) is 6.96. The third-order valence-corrected chi connectivity index (χ3v) is 7.78. The van der Waals surface area contributed by atoms with Gasteiger partial charge in [0.05, 0.1) is 6.07 Å². The molecule has 2 aliphatic heterocycles. The van der Waals surface area contributed by atoms with E-state index >= 15 is 0 Å². The fraction of sp³-hybridized carbons (Fsp3) is 0.750. The molecule has 0 bridgehead atoms. The fourth-order valence-corrected chi connectivity index (χ4v) is 6.03. The molecule has 0 radical (unpaired) electrons. The molecule has 28 heavy (non-hydrogen) atoms. The van der Waals surface area contributed by atoms with Crippen LogP contribution in [0.25, 0.3) is 0 Å². The maximum Gasteiger partial charge on any atom is 0.313 e. The van der Waals surface area contributed by atoms with E-state index in [4.69, 9.17) is 5.26 Å². The number of thioether (sulfide) groups is 2. The molecule has 0 aromatic carbocycles. The summed E-state index contributed by atoms with van der Waals surface area (Å²) < 4.78 is 1.34. The Morgan fingerprint density at radius 2 is 2.36 bits per heavy atom. The predicted molar refractivity (Wildman–Crippen MR) is 103 cm³/mol. The molecule has 10 nitrogen and oxygen atoms in total. The van der Waals surface area contributed by atoms with Gasteiger partial charge in [-0.1, -0.05) is 31.5 Å². The second-order valence-corrected chi connectivity index (χ2v) is 9.01. The van der Waals surface area contributed by atoms with Crippen LogP contribution in [0, 0.1) is 16.7 Å². The number of fused-ring (bicyclic) bond motifs is 1. The lowest BCUT2D eigenvalue weighted by Crippen LogP contribution is -2.73. The fourth-order valence-electron chi connectivity index (χ4n) is 3.26. The quantitative estimate of drug-likeness (QED) is 0.308. The molecule has 1 amide bonds. The lowest BCUT2D eigenvalue weighted by atomic mass is 9.89. The minimum absolute atomic E-state index is 0.00220. The zero-order valence-electron chi connectivity index (χ0n) is 15.6. The molecular formula is C16H23N7O3S2. The minimum Gasteiger partial charge on any atom is -0.481 e. The van der Waals surface area contributed by atoms with Crippen LogP contribution < -0.4 is 5.32 Å². The number of carboxylic acids is 1. The summed E-state index contributed by atoms with van der Waals surface area (Å²) in [5, 5.41) is 33.5. The van der Waals surface area contributed by atoms with Crippen LogP contribution in [0.3, 0.4) is 0 Å². The Balaban J connectivity index is 1.60. The smallest absolute Gasteiger partial charge is 0.313 e. The van der Waals surface area contributed by atoms with Crippen molar-refractivity contribution in [1.29, 1.82) is 5.26 Å². The first kappa shape index (κ1) is 20.9. The predicted octanol–water partition coefficient (Wildman–Crippen LogP) is 0.423. The Hall–Kier alpha value is -1.84. The number of aliphatic carboxylic acids is 1. The van der Waals surface area contributed by atoms with Gasteiger partial charge in [0, 0.05) is 18.1 Å². The number of tetrazole rings is 1. The second kappa shape index (κ2) is 9.11. The van der Waals surface area contributed by atoms with Gasteiger partial charge in [-0.2, -0.15) is 5.26 Å². The monoisotopic (exact) mass is 425 g/mol. The molecule has 2 N–H and O–H groups in total. The molecule has 0 spiro atoms. The Bertz CT molecular complexity index is 768. The standard InChI is InChI=1S/C16H23N7O3S2/c1-2-3-4-6-18-11-12(24)22-8-16(14(25)26,9-27-13(11)22)10-28-15-19-20-21-23(15)7-5-17/h11,13,18H,2-4,6-10H2,1H3,(H,25,26)/t11?,13-,16?/m1/s1. The zero-order valence-corrected chi connectivity index (χ0v) is 17.2. The first-order chi connectivity index (χ1) is 13.5. The van der Waals surface area contributed by atoms with Gasteiger partial charge in [-0.15, -0.1) is 16.9 Å². The average Bonchev–Trinajstić information content (AvgIpc) is 3.13. The van der Waals surface area contributed by atoms with Crippen LogP contribution in [-0.2, 0) is 16.1 Å². The molecule has 0 saturated carbocycles. The Morgan fingerprint density at radius 1 is 1.54 bits per heavy atom. The van der Waals surface area contributed by atoms with E-state index in [2.05, 4.69) is 27.8 Å². The van der Waals surface area contributed by atoms with Crippen LogP contribution >= 0.6 is 23.5 Å². The summed E-state index contributed by atoms with van der Waals surface area (Å²) in [6, 6.07) is 1.75. The number of nitriles is 1. The lowest BCUT2D eigenvalue weighted by Gasteiger charge is -2.54. The van der Waals surface area contributed by atoms with E-state index in [1.807, 2.05) is 6.07 Å². The van der Waals surface area contributed by atoms with Crippen LogP contribution in [0.4, 0.5) is 0 Å². The highest BCUT2D eigenvalue weighted by atomic mass is 32.2. The number of carboxylic acid groups (broad SMARTS) is 1. The topological polar surface area (TPSA) is 137 Å². The van der Waals surface area contributed by atoms with Crippen LogP contribution in [0.15, 0.2) is 5.16 Å². The highest BCUT2D eigenvalue weighted by molar-refractivity contribution is 8.00. The van der Waals surface area contributed by atoms with Gasteiger partial charge in [-0.25, -0.2) is 4.68 Å². The van der Waals surface area contributed by atoms with Crippen LogP contribution in [0.1, 0.15) is 26.2 Å². The molecule has 1 aromatic heterocycles. The van der Waals surface area contributed by atoms with Crippen molar-refractivity contribution in [3.05, 3.63) is 0 Å². The van der Waals surface area contributed by atoms with E-state index in [1.165, 1.54) is 28.2 Å². The number of hydrogen-bond donors (Lipinski definition) is 2. The molecule has 3 rings (SSSR count). The highest BCUT2D eigenvalue weighted by Crippen LogP contribution is 2.44. The average molecular weight is 426 g/mol. The third-order valence-electron chi connectivity index (χ3n) is 4.94. The van der Waals surface area contributed by atoms with Crippen molar-refractivity contribution < 1.29 is 14.7 Å². The molecule has 0 aliphatic carbocycles. The van der Waals surface area contributed by atoms with E-state index in [0.717, 1.165) is 25.8 Å². The zero-order chi connectivity index (χ0) is 20.1.